The molecule has 1 unspecified atom stereocenters. The standard InChI is InChI=1S/C14H16N2O6S/c1-22-14(19)9-2-4-10(5-3-9)15-12(17)13(18)16-11-6-7-23(20,21)8-11/h2-5,11H,6-8H2,1H3,(H,15,17)(H,16,18). The first-order valence-electron chi connectivity index (χ1n) is 6.81. The quantitative estimate of drug-likeness (QED) is 0.577. The molecular formula is C14H16N2O6S. The van der Waals surface area contributed by atoms with E-state index in [1.807, 2.05) is 0 Å². The van der Waals surface area contributed by atoms with Crippen LogP contribution in [0.3, 0.4) is 0 Å². The Morgan fingerprint density at radius 3 is 2.30 bits per heavy atom. The first-order valence-corrected chi connectivity index (χ1v) is 8.63. The molecule has 1 aliphatic rings. The van der Waals surface area contributed by atoms with Crippen molar-refractivity contribution >= 4 is 33.3 Å². The first-order chi connectivity index (χ1) is 10.8. The van der Waals surface area contributed by atoms with Crippen molar-refractivity contribution in [1.82, 2.24) is 5.32 Å². The number of carbonyl (C=O) groups excluding carboxylic acids is 3. The Balaban J connectivity index is 1.91. The van der Waals surface area contributed by atoms with Gasteiger partial charge < -0.3 is 15.4 Å². The van der Waals surface area contributed by atoms with E-state index in [2.05, 4.69) is 15.4 Å². The molecule has 124 valence electrons. The highest BCUT2D eigenvalue weighted by Gasteiger charge is 2.30. The number of anilines is 1. The van der Waals surface area contributed by atoms with Crippen molar-refractivity contribution in [1.29, 1.82) is 0 Å². The topological polar surface area (TPSA) is 119 Å². The number of amides is 2. The Morgan fingerprint density at radius 2 is 1.78 bits per heavy atom. The highest BCUT2D eigenvalue weighted by molar-refractivity contribution is 7.91. The minimum Gasteiger partial charge on any atom is -0.465 e. The summed E-state index contributed by atoms with van der Waals surface area (Å²) >= 11 is 0. The summed E-state index contributed by atoms with van der Waals surface area (Å²) in [6, 6.07) is 5.26. The number of ether oxygens (including phenoxy) is 1. The zero-order valence-electron chi connectivity index (χ0n) is 12.4. The zero-order chi connectivity index (χ0) is 17.0. The molecule has 1 aliphatic heterocycles. The second kappa shape index (κ2) is 6.78. The third kappa shape index (κ3) is 4.52. The Labute approximate surface area is 133 Å². The smallest absolute Gasteiger partial charge is 0.337 e. The van der Waals surface area contributed by atoms with E-state index in [1.54, 1.807) is 0 Å². The van der Waals surface area contributed by atoms with Crippen LogP contribution in [0.5, 0.6) is 0 Å². The monoisotopic (exact) mass is 340 g/mol. The minimum atomic E-state index is -3.13. The molecule has 0 aliphatic carbocycles. The van der Waals surface area contributed by atoms with Crippen LogP contribution in [0.15, 0.2) is 24.3 Å². The molecule has 1 aromatic rings. The van der Waals surface area contributed by atoms with Crippen LogP contribution < -0.4 is 10.6 Å². The van der Waals surface area contributed by atoms with Gasteiger partial charge in [-0.1, -0.05) is 0 Å². The summed E-state index contributed by atoms with van der Waals surface area (Å²) < 4.78 is 27.2. The molecule has 1 aromatic carbocycles. The molecule has 2 rings (SSSR count). The minimum absolute atomic E-state index is 0.00849. The second-order valence-electron chi connectivity index (χ2n) is 5.10. The molecule has 0 aromatic heterocycles. The number of nitrogens with one attached hydrogen (secondary N) is 2. The molecule has 1 saturated heterocycles. The van der Waals surface area contributed by atoms with Gasteiger partial charge in [0.2, 0.25) is 0 Å². The Bertz CT molecular complexity index is 726. The molecule has 23 heavy (non-hydrogen) atoms. The summed E-state index contributed by atoms with van der Waals surface area (Å²) in [5, 5.41) is 4.76. The molecule has 0 bridgehead atoms. The highest BCUT2D eigenvalue weighted by Crippen LogP contribution is 2.12. The van der Waals surface area contributed by atoms with E-state index in [1.165, 1.54) is 31.4 Å². The number of rotatable bonds is 3. The molecule has 2 amide bonds. The maximum atomic E-state index is 11.8. The van der Waals surface area contributed by atoms with E-state index >= 15 is 0 Å². The number of benzene rings is 1. The maximum Gasteiger partial charge on any atom is 0.337 e. The molecule has 1 fully saturated rings. The van der Waals surface area contributed by atoms with E-state index in [0.717, 1.165) is 0 Å². The van der Waals surface area contributed by atoms with Crippen molar-refractivity contribution in [3.63, 3.8) is 0 Å². The number of hydrogen-bond donors (Lipinski definition) is 2. The highest BCUT2D eigenvalue weighted by atomic mass is 32.2. The molecule has 0 radical (unpaired) electrons. The van der Waals surface area contributed by atoms with Crippen LogP contribution in [-0.4, -0.2) is 50.9 Å². The fourth-order valence-corrected chi connectivity index (χ4v) is 3.83. The summed E-state index contributed by atoms with van der Waals surface area (Å²) in [6.45, 7) is 0. The van der Waals surface area contributed by atoms with Crippen LogP contribution in [-0.2, 0) is 24.2 Å². The van der Waals surface area contributed by atoms with Gasteiger partial charge in [-0.3, -0.25) is 9.59 Å². The summed E-state index contributed by atoms with van der Waals surface area (Å²) in [5.74, 6) is -2.46. The molecular weight excluding hydrogens is 324 g/mol. The van der Waals surface area contributed by atoms with Gasteiger partial charge in [0, 0.05) is 11.7 Å². The molecule has 8 nitrogen and oxygen atoms in total. The van der Waals surface area contributed by atoms with Crippen molar-refractivity contribution in [3.8, 4) is 0 Å². The largest absolute Gasteiger partial charge is 0.465 e. The van der Waals surface area contributed by atoms with Gasteiger partial charge in [0.25, 0.3) is 0 Å². The lowest BCUT2D eigenvalue weighted by molar-refractivity contribution is -0.136. The lowest BCUT2D eigenvalue weighted by Gasteiger charge is -2.11. The molecule has 1 heterocycles. The van der Waals surface area contributed by atoms with Crippen molar-refractivity contribution in [2.45, 2.75) is 12.5 Å². The average Bonchev–Trinajstić information content (AvgIpc) is 2.86. The van der Waals surface area contributed by atoms with Crippen molar-refractivity contribution < 1.29 is 27.5 Å². The van der Waals surface area contributed by atoms with E-state index in [9.17, 15) is 22.8 Å². The number of esters is 1. The van der Waals surface area contributed by atoms with E-state index in [-0.39, 0.29) is 11.5 Å². The molecule has 9 heteroatoms. The normalized spacial score (nSPS) is 18.9. The Morgan fingerprint density at radius 1 is 1.13 bits per heavy atom. The number of carbonyl (C=O) groups is 3. The summed E-state index contributed by atoms with van der Waals surface area (Å²) in [4.78, 5) is 34.8. The SMILES string of the molecule is COC(=O)c1ccc(NC(=O)C(=O)NC2CCS(=O)(=O)C2)cc1. The molecule has 0 saturated carbocycles. The fraction of sp³-hybridized carbons (Fsp3) is 0.357. The van der Waals surface area contributed by atoms with Crippen LogP contribution >= 0.6 is 0 Å². The maximum absolute atomic E-state index is 11.8. The van der Waals surface area contributed by atoms with Gasteiger partial charge in [0.1, 0.15) is 0 Å². The average molecular weight is 340 g/mol. The van der Waals surface area contributed by atoms with Crippen molar-refractivity contribution in [2.24, 2.45) is 0 Å². The van der Waals surface area contributed by atoms with Crippen LogP contribution in [0, 0.1) is 0 Å². The Kier molecular flexibility index (Phi) is 4.99. The predicted octanol–water partition coefficient (Wildman–Crippen LogP) is -0.285. The zero-order valence-corrected chi connectivity index (χ0v) is 13.2. The second-order valence-corrected chi connectivity index (χ2v) is 7.33. The number of methoxy groups -OCH3 is 1. The van der Waals surface area contributed by atoms with Crippen LogP contribution in [0.4, 0.5) is 5.69 Å². The first kappa shape index (κ1) is 16.9. The van der Waals surface area contributed by atoms with Crippen molar-refractivity contribution in [2.75, 3.05) is 23.9 Å². The van der Waals surface area contributed by atoms with Gasteiger partial charge in [-0.2, -0.15) is 0 Å². The summed E-state index contributed by atoms with van der Waals surface area (Å²) in [7, 11) is -1.88. The van der Waals surface area contributed by atoms with Crippen LogP contribution in [0.25, 0.3) is 0 Å². The van der Waals surface area contributed by atoms with E-state index in [4.69, 9.17) is 0 Å². The van der Waals surface area contributed by atoms with Crippen molar-refractivity contribution in [3.05, 3.63) is 29.8 Å². The van der Waals surface area contributed by atoms with Gasteiger partial charge in [-0.25, -0.2) is 13.2 Å². The molecule has 2 N–H and O–H groups in total. The summed E-state index contributed by atoms with van der Waals surface area (Å²) in [6.07, 6.45) is 0.301. The number of hydrogen-bond acceptors (Lipinski definition) is 6. The van der Waals surface area contributed by atoms with Gasteiger partial charge in [0.05, 0.1) is 24.2 Å². The predicted molar refractivity (Wildman–Crippen MR) is 81.6 cm³/mol. The summed E-state index contributed by atoms with van der Waals surface area (Å²) in [5.41, 5.74) is 0.642. The lowest BCUT2D eigenvalue weighted by atomic mass is 10.2. The van der Waals surface area contributed by atoms with Gasteiger partial charge in [0.15, 0.2) is 9.84 Å². The molecule has 0 spiro atoms. The third-order valence-electron chi connectivity index (χ3n) is 3.34. The van der Waals surface area contributed by atoms with Crippen LogP contribution in [0.1, 0.15) is 16.8 Å². The van der Waals surface area contributed by atoms with E-state index < -0.39 is 33.7 Å². The van der Waals surface area contributed by atoms with E-state index in [0.29, 0.717) is 17.7 Å². The fourth-order valence-electron chi connectivity index (χ4n) is 2.16. The van der Waals surface area contributed by atoms with Gasteiger partial charge in [-0.05, 0) is 30.7 Å². The van der Waals surface area contributed by atoms with Crippen LogP contribution in [0.2, 0.25) is 0 Å². The van der Waals surface area contributed by atoms with Gasteiger partial charge >= 0.3 is 17.8 Å². The lowest BCUT2D eigenvalue weighted by Crippen LogP contribution is -2.42. The number of sulfone groups is 1. The van der Waals surface area contributed by atoms with Gasteiger partial charge in [-0.15, -0.1) is 0 Å². The third-order valence-corrected chi connectivity index (χ3v) is 5.11. The molecule has 1 atom stereocenters. The Hall–Kier alpha value is -2.42.